The molecular weight excluding hydrogens is 94.1 g/mol. The van der Waals surface area contributed by atoms with Crippen molar-refractivity contribution in [2.75, 3.05) is 0 Å². The first-order valence-electron chi connectivity index (χ1n) is 1.64. The molecule has 4 heteroatoms. The second kappa shape index (κ2) is 1.58. The molecule has 0 unspecified atom stereocenters. The number of hydroxylamine groups is 2. The molecule has 0 spiro atoms. The van der Waals surface area contributed by atoms with Gasteiger partial charge in [-0.3, -0.25) is 0 Å². The molecular formula is C3H2N3O. The molecule has 0 N–H and O–H groups in total. The van der Waals surface area contributed by atoms with Crippen LogP contribution in [0.5, 0.6) is 0 Å². The van der Waals surface area contributed by atoms with E-state index in [-0.39, 0.29) is 0 Å². The molecule has 0 bridgehead atoms. The SMILES string of the molecule is N#CN1C=N[CH]O1. The van der Waals surface area contributed by atoms with Gasteiger partial charge in [-0.15, -0.1) is 5.06 Å². The molecule has 35 valence electrons. The molecule has 7 heavy (non-hydrogen) atoms. The van der Waals surface area contributed by atoms with Crippen LogP contribution in [0.1, 0.15) is 0 Å². The van der Waals surface area contributed by atoms with Crippen LogP contribution in [0.3, 0.4) is 0 Å². The number of hydrogen-bond acceptors (Lipinski definition) is 4. The molecule has 1 heterocycles. The van der Waals surface area contributed by atoms with Crippen LogP contribution in [0.4, 0.5) is 0 Å². The zero-order valence-corrected chi connectivity index (χ0v) is 3.40. The second-order valence-corrected chi connectivity index (χ2v) is 0.901. The predicted molar refractivity (Wildman–Crippen MR) is 21.3 cm³/mol. The van der Waals surface area contributed by atoms with E-state index in [9.17, 15) is 0 Å². The number of nitrogens with zero attached hydrogens (tertiary/aromatic N) is 3. The van der Waals surface area contributed by atoms with E-state index in [1.165, 1.54) is 13.1 Å². The highest BCUT2D eigenvalue weighted by Crippen LogP contribution is 1.95. The molecule has 0 aromatic carbocycles. The molecule has 0 fully saturated rings. The molecule has 1 rings (SSSR count). The van der Waals surface area contributed by atoms with E-state index in [4.69, 9.17) is 5.26 Å². The monoisotopic (exact) mass is 96.0 g/mol. The summed E-state index contributed by atoms with van der Waals surface area (Å²) in [5, 5.41) is 8.95. The first kappa shape index (κ1) is 4.09. The number of hydrogen-bond donors (Lipinski definition) is 0. The standard InChI is InChI=1S/C3H2N3O/c4-1-6-2-5-3-7-6/h2-3H. The number of rotatable bonds is 0. The Bertz CT molecular complexity index is 125. The third kappa shape index (κ3) is 0.669. The van der Waals surface area contributed by atoms with Crippen molar-refractivity contribution >= 4 is 6.34 Å². The first-order chi connectivity index (χ1) is 3.43. The van der Waals surface area contributed by atoms with Gasteiger partial charge < -0.3 is 0 Å². The van der Waals surface area contributed by atoms with Crippen LogP contribution in [-0.4, -0.2) is 11.4 Å². The highest BCUT2D eigenvalue weighted by Gasteiger charge is 2.01. The predicted octanol–water partition coefficient (Wildman–Crippen LogP) is -0.138. The van der Waals surface area contributed by atoms with Gasteiger partial charge in [0.2, 0.25) is 12.9 Å². The zero-order valence-electron chi connectivity index (χ0n) is 3.40. The van der Waals surface area contributed by atoms with Gasteiger partial charge in [0.05, 0.1) is 0 Å². The Morgan fingerprint density at radius 2 is 2.71 bits per heavy atom. The van der Waals surface area contributed by atoms with Crippen molar-refractivity contribution in [3.05, 3.63) is 6.73 Å². The quantitative estimate of drug-likeness (QED) is 0.394. The molecule has 0 aromatic rings. The van der Waals surface area contributed by atoms with Crippen LogP contribution >= 0.6 is 0 Å². The maximum Gasteiger partial charge on any atom is 0.226 e. The summed E-state index contributed by atoms with van der Waals surface area (Å²) in [5.74, 6) is 0. The van der Waals surface area contributed by atoms with Gasteiger partial charge in [-0.05, 0) is 0 Å². The molecule has 0 amide bonds. The van der Waals surface area contributed by atoms with Crippen molar-refractivity contribution in [2.24, 2.45) is 4.99 Å². The molecule has 0 atom stereocenters. The molecule has 0 saturated carbocycles. The number of aliphatic imine (C=N–C) groups is 1. The average molecular weight is 96.1 g/mol. The van der Waals surface area contributed by atoms with Crippen molar-refractivity contribution in [3.63, 3.8) is 0 Å². The summed E-state index contributed by atoms with van der Waals surface area (Å²) in [5.41, 5.74) is 0. The van der Waals surface area contributed by atoms with E-state index < -0.39 is 0 Å². The Morgan fingerprint density at radius 3 is 3.00 bits per heavy atom. The highest BCUT2D eigenvalue weighted by atomic mass is 16.7. The maximum absolute atomic E-state index is 8.01. The lowest BCUT2D eigenvalue weighted by Gasteiger charge is -1.94. The molecule has 1 aliphatic heterocycles. The second-order valence-electron chi connectivity index (χ2n) is 0.901. The van der Waals surface area contributed by atoms with E-state index in [0.29, 0.717) is 0 Å². The fourth-order valence-electron chi connectivity index (χ4n) is 0.242. The minimum absolute atomic E-state index is 0.944. The van der Waals surface area contributed by atoms with Crippen molar-refractivity contribution in [1.82, 2.24) is 5.06 Å². The lowest BCUT2D eigenvalue weighted by molar-refractivity contribution is 0.0152. The van der Waals surface area contributed by atoms with Gasteiger partial charge in [-0.1, -0.05) is 0 Å². The Morgan fingerprint density at radius 1 is 1.86 bits per heavy atom. The summed E-state index contributed by atoms with van der Waals surface area (Å²) < 4.78 is 0. The third-order valence-corrected chi connectivity index (χ3v) is 0.492. The minimum Gasteiger partial charge on any atom is -0.233 e. The van der Waals surface area contributed by atoms with Gasteiger partial charge in [-0.25, -0.2) is 9.83 Å². The van der Waals surface area contributed by atoms with E-state index in [1.54, 1.807) is 6.19 Å². The molecule has 4 nitrogen and oxygen atoms in total. The van der Waals surface area contributed by atoms with Crippen LogP contribution in [0.15, 0.2) is 4.99 Å². The molecule has 0 aromatic heterocycles. The van der Waals surface area contributed by atoms with Gasteiger partial charge in [0.15, 0.2) is 0 Å². The summed E-state index contributed by atoms with van der Waals surface area (Å²) >= 11 is 0. The lowest BCUT2D eigenvalue weighted by Crippen LogP contribution is -2.06. The fraction of sp³-hybridized carbons (Fsp3) is 0. The normalized spacial score (nSPS) is 17.3. The van der Waals surface area contributed by atoms with Gasteiger partial charge >= 0.3 is 0 Å². The lowest BCUT2D eigenvalue weighted by atomic mass is 11.1. The smallest absolute Gasteiger partial charge is 0.226 e. The first-order valence-corrected chi connectivity index (χ1v) is 1.64. The third-order valence-electron chi connectivity index (χ3n) is 0.492. The van der Waals surface area contributed by atoms with Crippen LogP contribution in [0.2, 0.25) is 0 Å². The molecule has 1 radical (unpaired) electrons. The van der Waals surface area contributed by atoms with Crippen LogP contribution < -0.4 is 0 Å². The van der Waals surface area contributed by atoms with E-state index >= 15 is 0 Å². The van der Waals surface area contributed by atoms with Gasteiger partial charge in [0.1, 0.15) is 6.34 Å². The Kier molecular flexibility index (Phi) is 0.922. The van der Waals surface area contributed by atoms with Gasteiger partial charge in [0, 0.05) is 0 Å². The van der Waals surface area contributed by atoms with Crippen molar-refractivity contribution in [3.8, 4) is 6.19 Å². The fourth-order valence-corrected chi connectivity index (χ4v) is 0.242. The van der Waals surface area contributed by atoms with Crippen molar-refractivity contribution in [2.45, 2.75) is 0 Å². The van der Waals surface area contributed by atoms with Gasteiger partial charge in [-0.2, -0.15) is 5.26 Å². The Hall–Kier alpha value is -1.08. The Labute approximate surface area is 40.6 Å². The largest absolute Gasteiger partial charge is 0.233 e. The summed E-state index contributed by atoms with van der Waals surface area (Å²) in [7, 11) is 0. The van der Waals surface area contributed by atoms with Crippen molar-refractivity contribution in [1.29, 1.82) is 5.26 Å². The highest BCUT2D eigenvalue weighted by molar-refractivity contribution is 5.57. The van der Waals surface area contributed by atoms with E-state index in [1.807, 2.05) is 0 Å². The minimum atomic E-state index is 0.944. The van der Waals surface area contributed by atoms with E-state index in [0.717, 1.165) is 5.06 Å². The van der Waals surface area contributed by atoms with Crippen LogP contribution in [0.25, 0.3) is 0 Å². The summed E-state index contributed by atoms with van der Waals surface area (Å²) in [4.78, 5) is 7.89. The maximum atomic E-state index is 8.01. The topological polar surface area (TPSA) is 48.6 Å². The molecule has 0 saturated heterocycles. The van der Waals surface area contributed by atoms with Gasteiger partial charge in [0.25, 0.3) is 0 Å². The molecule has 1 aliphatic rings. The van der Waals surface area contributed by atoms with Crippen LogP contribution in [-0.2, 0) is 4.84 Å². The zero-order chi connectivity index (χ0) is 5.11. The van der Waals surface area contributed by atoms with Crippen molar-refractivity contribution < 1.29 is 4.84 Å². The Balaban J connectivity index is 2.47. The van der Waals surface area contributed by atoms with Crippen LogP contribution in [0, 0.1) is 18.2 Å². The summed E-state index contributed by atoms with van der Waals surface area (Å²) in [6, 6.07) is 0. The summed E-state index contributed by atoms with van der Waals surface area (Å²) in [6.45, 7) is 1.18. The number of nitriles is 1. The van der Waals surface area contributed by atoms with E-state index in [2.05, 4.69) is 9.83 Å². The molecule has 0 aliphatic carbocycles. The summed E-state index contributed by atoms with van der Waals surface area (Å²) in [6.07, 6.45) is 2.97. The average Bonchev–Trinajstić information content (AvgIpc) is 2.14.